The first-order valence-electron chi connectivity index (χ1n) is 9.61. The summed E-state index contributed by atoms with van der Waals surface area (Å²) in [6.45, 7) is 6.66. The summed E-state index contributed by atoms with van der Waals surface area (Å²) in [6, 6.07) is 15.8. The lowest BCUT2D eigenvalue weighted by molar-refractivity contribution is 0.0235. The number of rotatable bonds is 8. The Morgan fingerprint density at radius 3 is 2.36 bits per heavy atom. The summed E-state index contributed by atoms with van der Waals surface area (Å²) in [5.74, 6) is 0.751. The molecular weight excluding hydrogens is 354 g/mol. The Morgan fingerprint density at radius 1 is 1.04 bits per heavy atom. The van der Waals surface area contributed by atoms with Gasteiger partial charge in [0.2, 0.25) is 0 Å². The molecule has 0 heterocycles. The maximum atomic E-state index is 12.8. The molecule has 1 amide bonds. The van der Waals surface area contributed by atoms with Crippen LogP contribution in [0.15, 0.2) is 48.5 Å². The highest BCUT2D eigenvalue weighted by Gasteiger charge is 2.23. The summed E-state index contributed by atoms with van der Waals surface area (Å²) >= 11 is 0. The largest absolute Gasteiger partial charge is 0.496 e. The van der Waals surface area contributed by atoms with Crippen LogP contribution in [0.5, 0.6) is 5.75 Å². The summed E-state index contributed by atoms with van der Waals surface area (Å²) in [5.41, 5.74) is 2.59. The van der Waals surface area contributed by atoms with Crippen molar-refractivity contribution in [2.75, 3.05) is 20.3 Å². The topological polar surface area (TPSA) is 59.0 Å². The molecule has 0 unspecified atom stereocenters. The summed E-state index contributed by atoms with van der Waals surface area (Å²) in [5, 5.41) is 9.14. The third-order valence-corrected chi connectivity index (χ3v) is 4.27. The van der Waals surface area contributed by atoms with Gasteiger partial charge in [-0.1, -0.05) is 42.5 Å². The van der Waals surface area contributed by atoms with E-state index in [0.29, 0.717) is 25.9 Å². The van der Waals surface area contributed by atoms with Gasteiger partial charge in [-0.2, -0.15) is 0 Å². The fourth-order valence-electron chi connectivity index (χ4n) is 2.93. The van der Waals surface area contributed by atoms with Gasteiger partial charge >= 0.3 is 6.09 Å². The molecule has 0 fully saturated rings. The molecular formula is C23H31NO4. The van der Waals surface area contributed by atoms with E-state index in [2.05, 4.69) is 6.07 Å². The predicted octanol–water partition coefficient (Wildman–Crippen LogP) is 4.21. The molecule has 2 aromatic carbocycles. The molecule has 5 heteroatoms. The first-order chi connectivity index (χ1) is 13.3. The Labute approximate surface area is 167 Å². The monoisotopic (exact) mass is 385 g/mol. The minimum atomic E-state index is -0.558. The van der Waals surface area contributed by atoms with Crippen LogP contribution in [0, 0.1) is 0 Å². The second kappa shape index (κ2) is 10.1. The second-order valence-electron chi connectivity index (χ2n) is 7.76. The highest BCUT2D eigenvalue weighted by molar-refractivity contribution is 5.68. The molecule has 5 nitrogen and oxygen atoms in total. The predicted molar refractivity (Wildman–Crippen MR) is 111 cm³/mol. The highest BCUT2D eigenvalue weighted by Crippen LogP contribution is 2.21. The van der Waals surface area contributed by atoms with E-state index in [4.69, 9.17) is 14.6 Å². The van der Waals surface area contributed by atoms with Gasteiger partial charge in [-0.15, -0.1) is 0 Å². The normalized spacial score (nSPS) is 11.2. The molecule has 1 N–H and O–H groups in total. The van der Waals surface area contributed by atoms with Gasteiger partial charge in [0.05, 0.1) is 13.7 Å². The fraction of sp³-hybridized carbons (Fsp3) is 0.435. The first kappa shape index (κ1) is 21.8. The fourth-order valence-corrected chi connectivity index (χ4v) is 2.93. The lowest BCUT2D eigenvalue weighted by Gasteiger charge is -2.28. The van der Waals surface area contributed by atoms with Crippen molar-refractivity contribution in [1.29, 1.82) is 0 Å². The number of para-hydroxylation sites is 1. The Kier molecular flexibility index (Phi) is 7.88. The molecule has 0 saturated carbocycles. The van der Waals surface area contributed by atoms with E-state index in [1.807, 2.05) is 63.2 Å². The highest BCUT2D eigenvalue weighted by atomic mass is 16.6. The summed E-state index contributed by atoms with van der Waals surface area (Å²) < 4.78 is 11.0. The number of carbonyl (C=O) groups excluding carboxylic acids is 1. The van der Waals surface area contributed by atoms with Gasteiger partial charge in [-0.3, -0.25) is 0 Å². The minimum Gasteiger partial charge on any atom is -0.496 e. The van der Waals surface area contributed by atoms with Crippen LogP contribution in [0.3, 0.4) is 0 Å². The van der Waals surface area contributed by atoms with Gasteiger partial charge in [0, 0.05) is 18.7 Å². The Balaban J connectivity index is 2.16. The van der Waals surface area contributed by atoms with Crippen molar-refractivity contribution < 1.29 is 19.4 Å². The van der Waals surface area contributed by atoms with Crippen LogP contribution in [-0.2, 0) is 24.1 Å². The van der Waals surface area contributed by atoms with Crippen LogP contribution < -0.4 is 4.74 Å². The Morgan fingerprint density at radius 2 is 1.71 bits per heavy atom. The second-order valence-corrected chi connectivity index (χ2v) is 7.76. The number of aliphatic hydroxyl groups excluding tert-OH is 1. The Hall–Kier alpha value is -2.53. The number of nitrogens with zero attached hydrogens (tertiary/aromatic N) is 1. The van der Waals surface area contributed by atoms with Crippen LogP contribution in [0.25, 0.3) is 0 Å². The number of hydrogen-bond donors (Lipinski definition) is 1. The standard InChI is InChI=1S/C23H31NO4/c1-23(2,3)28-22(26)24(17-20-10-5-6-11-21(20)27-4)14-12-18-8-7-9-19(16-18)13-15-25/h5-11,16,25H,12-15,17H2,1-4H3. The molecule has 28 heavy (non-hydrogen) atoms. The number of benzene rings is 2. The van der Waals surface area contributed by atoms with Gasteiger partial charge in [-0.05, 0) is 50.8 Å². The van der Waals surface area contributed by atoms with Crippen LogP contribution in [0.2, 0.25) is 0 Å². The van der Waals surface area contributed by atoms with Crippen molar-refractivity contribution in [3.63, 3.8) is 0 Å². The summed E-state index contributed by atoms with van der Waals surface area (Å²) in [6.07, 6.45) is 0.989. The molecule has 0 saturated heterocycles. The molecule has 0 bridgehead atoms. The maximum Gasteiger partial charge on any atom is 0.410 e. The van der Waals surface area contributed by atoms with E-state index in [1.165, 1.54) is 0 Å². The molecule has 0 spiro atoms. The van der Waals surface area contributed by atoms with Crippen molar-refractivity contribution in [2.24, 2.45) is 0 Å². The third-order valence-electron chi connectivity index (χ3n) is 4.27. The molecule has 152 valence electrons. The zero-order chi connectivity index (χ0) is 20.6. The molecule has 0 aliphatic carbocycles. The summed E-state index contributed by atoms with van der Waals surface area (Å²) in [7, 11) is 1.63. The quantitative estimate of drug-likeness (QED) is 0.739. The number of hydrogen-bond acceptors (Lipinski definition) is 4. The Bertz CT molecular complexity index is 767. The minimum absolute atomic E-state index is 0.126. The lowest BCUT2D eigenvalue weighted by Crippen LogP contribution is -2.37. The van der Waals surface area contributed by atoms with E-state index in [0.717, 1.165) is 22.4 Å². The van der Waals surface area contributed by atoms with Crippen molar-refractivity contribution in [3.8, 4) is 5.75 Å². The van der Waals surface area contributed by atoms with Crippen LogP contribution in [-0.4, -0.2) is 42.0 Å². The smallest absolute Gasteiger partial charge is 0.410 e. The molecule has 0 aromatic heterocycles. The van der Waals surface area contributed by atoms with Crippen molar-refractivity contribution in [1.82, 2.24) is 4.90 Å². The maximum absolute atomic E-state index is 12.8. The number of ether oxygens (including phenoxy) is 2. The van der Waals surface area contributed by atoms with Gasteiger partial charge in [0.15, 0.2) is 0 Å². The SMILES string of the molecule is COc1ccccc1CN(CCc1cccc(CCO)c1)C(=O)OC(C)(C)C. The van der Waals surface area contributed by atoms with Crippen LogP contribution in [0.1, 0.15) is 37.5 Å². The number of carbonyl (C=O) groups is 1. The van der Waals surface area contributed by atoms with E-state index in [9.17, 15) is 4.79 Å². The molecule has 2 rings (SSSR count). The third kappa shape index (κ3) is 6.89. The zero-order valence-electron chi connectivity index (χ0n) is 17.3. The average molecular weight is 386 g/mol. The van der Waals surface area contributed by atoms with Gasteiger partial charge in [-0.25, -0.2) is 4.79 Å². The molecule has 0 aliphatic rings. The van der Waals surface area contributed by atoms with Crippen LogP contribution >= 0.6 is 0 Å². The number of methoxy groups -OCH3 is 1. The van der Waals surface area contributed by atoms with E-state index >= 15 is 0 Å². The van der Waals surface area contributed by atoms with E-state index in [1.54, 1.807) is 12.0 Å². The van der Waals surface area contributed by atoms with Crippen molar-refractivity contribution in [2.45, 2.75) is 45.8 Å². The zero-order valence-corrected chi connectivity index (χ0v) is 17.3. The van der Waals surface area contributed by atoms with Gasteiger partial charge < -0.3 is 19.5 Å². The molecule has 2 aromatic rings. The average Bonchev–Trinajstić information content (AvgIpc) is 2.64. The molecule has 0 radical (unpaired) electrons. The number of aliphatic hydroxyl groups is 1. The van der Waals surface area contributed by atoms with Gasteiger partial charge in [0.1, 0.15) is 11.4 Å². The number of amides is 1. The summed E-state index contributed by atoms with van der Waals surface area (Å²) in [4.78, 5) is 14.5. The first-order valence-corrected chi connectivity index (χ1v) is 9.61. The molecule has 0 aliphatic heterocycles. The van der Waals surface area contributed by atoms with Gasteiger partial charge in [0.25, 0.3) is 0 Å². The van der Waals surface area contributed by atoms with E-state index in [-0.39, 0.29) is 12.7 Å². The van der Waals surface area contributed by atoms with Crippen molar-refractivity contribution in [3.05, 3.63) is 65.2 Å². The molecule has 0 atom stereocenters. The lowest BCUT2D eigenvalue weighted by atomic mass is 10.1. The van der Waals surface area contributed by atoms with Crippen LogP contribution in [0.4, 0.5) is 4.79 Å². The van der Waals surface area contributed by atoms with Crippen molar-refractivity contribution >= 4 is 6.09 Å². The van der Waals surface area contributed by atoms with E-state index < -0.39 is 5.60 Å².